The SMILES string of the molecule is C#Cc1cc(OC)cc(OC)c1.COc1cc(C#Cc2cnc(Cc3c(C)cccc3[N+](=O)[O-])nc2)cc(OC)c1.Cc1cccc([N+](=O)[O-])c1Cc1ncc(Br)cn1. The van der Waals surface area contributed by atoms with Crippen LogP contribution in [0.3, 0.4) is 0 Å². The number of terminal acetylenes is 1. The minimum atomic E-state index is -0.384. The molecular formula is C44H39BrN6O8. The molecule has 14 nitrogen and oxygen atoms in total. The zero-order chi connectivity index (χ0) is 42.9. The van der Waals surface area contributed by atoms with Crippen LogP contribution in [-0.2, 0) is 12.8 Å². The molecule has 0 spiro atoms. The van der Waals surface area contributed by atoms with Crippen molar-refractivity contribution in [2.75, 3.05) is 28.4 Å². The molecule has 0 saturated heterocycles. The number of halogens is 1. The lowest BCUT2D eigenvalue weighted by molar-refractivity contribution is -0.385. The van der Waals surface area contributed by atoms with Crippen LogP contribution in [0.2, 0.25) is 0 Å². The fourth-order valence-corrected chi connectivity index (χ4v) is 5.55. The van der Waals surface area contributed by atoms with Crippen molar-refractivity contribution in [3.05, 3.63) is 173 Å². The second kappa shape index (κ2) is 21.8. The van der Waals surface area contributed by atoms with Gasteiger partial charge in [0, 0.05) is 84.1 Å². The lowest BCUT2D eigenvalue weighted by Gasteiger charge is -2.06. The van der Waals surface area contributed by atoms with Crippen LogP contribution in [-0.4, -0.2) is 58.2 Å². The van der Waals surface area contributed by atoms with Crippen molar-refractivity contribution in [3.63, 3.8) is 0 Å². The Morgan fingerprint density at radius 1 is 0.593 bits per heavy atom. The molecule has 0 amide bonds. The van der Waals surface area contributed by atoms with Crippen LogP contribution < -0.4 is 18.9 Å². The van der Waals surface area contributed by atoms with Gasteiger partial charge in [0.15, 0.2) is 0 Å². The maximum absolute atomic E-state index is 11.3. The number of hydrogen-bond acceptors (Lipinski definition) is 12. The van der Waals surface area contributed by atoms with Crippen molar-refractivity contribution in [3.8, 4) is 47.2 Å². The van der Waals surface area contributed by atoms with E-state index in [1.54, 1.807) is 89.6 Å². The molecule has 4 aromatic carbocycles. The molecule has 300 valence electrons. The van der Waals surface area contributed by atoms with Gasteiger partial charge < -0.3 is 18.9 Å². The van der Waals surface area contributed by atoms with Crippen molar-refractivity contribution in [1.29, 1.82) is 0 Å². The number of ether oxygens (including phenoxy) is 4. The molecule has 6 rings (SSSR count). The molecule has 0 fully saturated rings. The van der Waals surface area contributed by atoms with Gasteiger partial charge in [0.1, 0.15) is 34.6 Å². The summed E-state index contributed by atoms with van der Waals surface area (Å²) in [6.45, 7) is 3.69. The quantitative estimate of drug-likeness (QED) is 0.0732. The number of nitro benzene ring substituents is 2. The third-order valence-corrected chi connectivity index (χ3v) is 8.84. The van der Waals surface area contributed by atoms with E-state index in [1.165, 1.54) is 12.1 Å². The molecule has 0 radical (unpaired) electrons. The number of methoxy groups -OCH3 is 4. The largest absolute Gasteiger partial charge is 0.497 e. The molecular weight excluding hydrogens is 820 g/mol. The number of benzene rings is 4. The monoisotopic (exact) mass is 858 g/mol. The van der Waals surface area contributed by atoms with E-state index in [0.717, 1.165) is 26.7 Å². The maximum atomic E-state index is 11.3. The lowest BCUT2D eigenvalue weighted by Crippen LogP contribution is -2.02. The second-order valence-corrected chi connectivity index (χ2v) is 13.2. The summed E-state index contributed by atoms with van der Waals surface area (Å²) in [6.07, 6.45) is 12.4. The molecule has 0 aliphatic heterocycles. The van der Waals surface area contributed by atoms with Crippen LogP contribution in [0.15, 0.2) is 102 Å². The highest BCUT2D eigenvalue weighted by atomic mass is 79.9. The summed E-state index contributed by atoms with van der Waals surface area (Å²) in [5, 5.41) is 22.2. The summed E-state index contributed by atoms with van der Waals surface area (Å²) >= 11 is 3.25. The zero-order valence-corrected chi connectivity index (χ0v) is 34.6. The van der Waals surface area contributed by atoms with Gasteiger partial charge in [-0.1, -0.05) is 42.0 Å². The highest BCUT2D eigenvalue weighted by molar-refractivity contribution is 9.10. The van der Waals surface area contributed by atoms with Crippen molar-refractivity contribution < 1.29 is 28.8 Å². The van der Waals surface area contributed by atoms with E-state index in [4.69, 9.17) is 25.4 Å². The molecule has 0 atom stereocenters. The van der Waals surface area contributed by atoms with Gasteiger partial charge in [0.2, 0.25) is 0 Å². The van der Waals surface area contributed by atoms with Gasteiger partial charge in [0.05, 0.1) is 48.3 Å². The molecule has 0 N–H and O–H groups in total. The predicted molar refractivity (Wildman–Crippen MR) is 226 cm³/mol. The highest BCUT2D eigenvalue weighted by Crippen LogP contribution is 2.26. The number of nitro groups is 2. The molecule has 0 aliphatic rings. The molecule has 2 heterocycles. The average Bonchev–Trinajstić information content (AvgIpc) is 3.25. The normalized spacial score (nSPS) is 9.86. The van der Waals surface area contributed by atoms with E-state index in [9.17, 15) is 20.2 Å². The highest BCUT2D eigenvalue weighted by Gasteiger charge is 2.18. The van der Waals surface area contributed by atoms with Crippen LogP contribution in [0.25, 0.3) is 0 Å². The van der Waals surface area contributed by atoms with E-state index >= 15 is 0 Å². The fourth-order valence-electron chi connectivity index (χ4n) is 5.35. The summed E-state index contributed by atoms with van der Waals surface area (Å²) in [5.41, 5.74) is 5.28. The van der Waals surface area contributed by atoms with Gasteiger partial charge in [-0.2, -0.15) is 0 Å². The Morgan fingerprint density at radius 3 is 1.34 bits per heavy atom. The van der Waals surface area contributed by atoms with Gasteiger partial charge in [-0.05, 0) is 65.2 Å². The predicted octanol–water partition coefficient (Wildman–Crippen LogP) is 8.43. The van der Waals surface area contributed by atoms with Gasteiger partial charge in [-0.3, -0.25) is 20.2 Å². The van der Waals surface area contributed by atoms with Crippen LogP contribution >= 0.6 is 15.9 Å². The Hall–Kier alpha value is -7.36. The lowest BCUT2D eigenvalue weighted by atomic mass is 10.0. The Kier molecular flexibility index (Phi) is 16.4. The van der Waals surface area contributed by atoms with E-state index in [1.807, 2.05) is 38.1 Å². The first kappa shape index (κ1) is 44.4. The van der Waals surface area contributed by atoms with E-state index in [-0.39, 0.29) is 27.6 Å². The van der Waals surface area contributed by atoms with Gasteiger partial charge in [0.25, 0.3) is 11.4 Å². The fraction of sp³-hybridized carbons (Fsp3) is 0.182. The van der Waals surface area contributed by atoms with Crippen LogP contribution in [0.4, 0.5) is 11.4 Å². The summed E-state index contributed by atoms with van der Waals surface area (Å²) in [7, 11) is 6.35. The van der Waals surface area contributed by atoms with Gasteiger partial charge in [-0.25, -0.2) is 19.9 Å². The minimum Gasteiger partial charge on any atom is -0.497 e. The van der Waals surface area contributed by atoms with Crippen LogP contribution in [0.5, 0.6) is 23.0 Å². The third-order valence-electron chi connectivity index (χ3n) is 8.43. The molecule has 59 heavy (non-hydrogen) atoms. The molecule has 6 aromatic rings. The zero-order valence-electron chi connectivity index (χ0n) is 33.1. The Labute approximate surface area is 350 Å². The Morgan fingerprint density at radius 2 is 0.966 bits per heavy atom. The molecule has 2 aromatic heterocycles. The van der Waals surface area contributed by atoms with Crippen molar-refractivity contribution in [2.24, 2.45) is 0 Å². The first-order valence-corrected chi connectivity index (χ1v) is 18.3. The average molecular weight is 860 g/mol. The minimum absolute atomic E-state index is 0.0736. The topological polar surface area (TPSA) is 175 Å². The van der Waals surface area contributed by atoms with Gasteiger partial charge in [-0.15, -0.1) is 6.42 Å². The summed E-state index contributed by atoms with van der Waals surface area (Å²) in [4.78, 5) is 38.4. The van der Waals surface area contributed by atoms with Crippen LogP contribution in [0.1, 0.15) is 50.6 Å². The summed E-state index contributed by atoms with van der Waals surface area (Å²) in [5.74, 6) is 12.3. The number of hydrogen-bond donors (Lipinski definition) is 0. The van der Waals surface area contributed by atoms with E-state index < -0.39 is 0 Å². The Bertz CT molecular complexity index is 2470. The van der Waals surface area contributed by atoms with E-state index in [0.29, 0.717) is 57.8 Å². The number of aryl methyl sites for hydroxylation is 2. The molecule has 0 unspecified atom stereocenters. The number of aromatic nitrogens is 4. The van der Waals surface area contributed by atoms with Gasteiger partial charge >= 0.3 is 0 Å². The smallest absolute Gasteiger partial charge is 0.273 e. The number of nitrogens with zero attached hydrogens (tertiary/aromatic N) is 6. The first-order chi connectivity index (χ1) is 28.4. The standard InChI is InChI=1S/C22H19N3O4.C12H10BrN3O2.C10H10O2/c1-15-5-4-6-21(25(26)27)20(15)12-22-23-13-17(14-24-22)8-7-16-9-18(28-2)11-19(10-16)29-3;1-8-3-2-4-11(16(17)18)10(8)5-12-14-6-9(13)7-15-12;1-4-8-5-9(11-2)7-10(6-8)12-3/h4-6,9-11,13-14H,12H2,1-3H3;2-4,6-7H,5H2,1H3;1,5-7H,2-3H3. The van der Waals surface area contributed by atoms with Crippen molar-refractivity contribution in [2.45, 2.75) is 26.7 Å². The summed E-state index contributed by atoms with van der Waals surface area (Å²) < 4.78 is 21.3. The van der Waals surface area contributed by atoms with E-state index in [2.05, 4.69) is 53.6 Å². The second-order valence-electron chi connectivity index (χ2n) is 12.3. The maximum Gasteiger partial charge on any atom is 0.273 e. The molecule has 0 saturated carbocycles. The third kappa shape index (κ3) is 13.1. The molecule has 15 heteroatoms. The summed E-state index contributed by atoms with van der Waals surface area (Å²) in [6, 6.07) is 20.8. The first-order valence-electron chi connectivity index (χ1n) is 17.6. The Balaban J connectivity index is 0.000000217. The molecule has 0 aliphatic carbocycles. The van der Waals surface area contributed by atoms with Crippen molar-refractivity contribution in [1.82, 2.24) is 19.9 Å². The van der Waals surface area contributed by atoms with Crippen LogP contribution in [0, 0.1) is 58.3 Å². The molecule has 0 bridgehead atoms. The number of rotatable bonds is 10. The van der Waals surface area contributed by atoms with Crippen molar-refractivity contribution >= 4 is 27.3 Å².